The van der Waals surface area contributed by atoms with Crippen LogP contribution in [-0.2, 0) is 0 Å². The van der Waals surface area contributed by atoms with Gasteiger partial charge in [-0.25, -0.2) is 4.79 Å². The fraction of sp³-hybridized carbons (Fsp3) is 0.364. The normalized spacial score (nSPS) is 26.7. The molecule has 3 aliphatic rings. The second-order valence-electron chi connectivity index (χ2n) is 4.12. The van der Waals surface area contributed by atoms with Gasteiger partial charge in [0.15, 0.2) is 0 Å². The zero-order chi connectivity index (χ0) is 10.6. The monoisotopic (exact) mass is 267 g/mol. The third-order valence-corrected chi connectivity index (χ3v) is 3.98. The first-order valence-corrected chi connectivity index (χ1v) is 5.80. The van der Waals surface area contributed by atoms with Crippen LogP contribution in [0.4, 0.5) is 0 Å². The number of nitrogens with one attached hydrogen (secondary N) is 1. The van der Waals surface area contributed by atoms with E-state index >= 15 is 0 Å². The van der Waals surface area contributed by atoms with E-state index in [1.807, 2.05) is 0 Å². The molecule has 3 aliphatic carbocycles. The molecule has 1 aromatic rings. The molecule has 3 nitrogen and oxygen atoms in total. The van der Waals surface area contributed by atoms with Crippen molar-refractivity contribution < 1.29 is 9.90 Å². The number of aromatic nitrogens is 1. The van der Waals surface area contributed by atoms with Gasteiger partial charge >= 0.3 is 5.97 Å². The van der Waals surface area contributed by atoms with Crippen molar-refractivity contribution in [3.63, 3.8) is 0 Å². The number of carbonyl (C=O) groups is 1. The number of aromatic carboxylic acids is 1. The number of hydrogen-bond acceptors (Lipinski definition) is 1. The summed E-state index contributed by atoms with van der Waals surface area (Å²) in [5.41, 5.74) is 2.51. The highest BCUT2D eigenvalue weighted by Crippen LogP contribution is 2.49. The molecule has 0 aliphatic heterocycles. The zero-order valence-electron chi connectivity index (χ0n) is 7.96. The lowest BCUT2D eigenvalue weighted by Gasteiger charge is -2.31. The van der Waals surface area contributed by atoms with Crippen molar-refractivity contribution in [2.24, 2.45) is 0 Å². The van der Waals surface area contributed by atoms with E-state index < -0.39 is 5.97 Å². The van der Waals surface area contributed by atoms with E-state index in [4.69, 9.17) is 5.11 Å². The molecule has 1 aromatic heterocycles. The van der Waals surface area contributed by atoms with Gasteiger partial charge < -0.3 is 10.1 Å². The predicted octanol–water partition coefficient (Wildman–Crippen LogP) is 3.01. The van der Waals surface area contributed by atoms with E-state index in [9.17, 15) is 4.79 Å². The Kier molecular flexibility index (Phi) is 1.83. The SMILES string of the molecule is O=C(O)c1[nH]c(Br)c2c1[C@@H]1C=C[C@H]2CC1. The summed E-state index contributed by atoms with van der Waals surface area (Å²) >= 11 is 3.42. The lowest BCUT2D eigenvalue weighted by atomic mass is 9.72. The highest BCUT2D eigenvalue weighted by Gasteiger charge is 2.35. The lowest BCUT2D eigenvalue weighted by Crippen LogP contribution is -2.17. The largest absolute Gasteiger partial charge is 0.477 e. The Balaban J connectivity index is 2.27. The molecule has 0 amide bonds. The summed E-state index contributed by atoms with van der Waals surface area (Å²) < 4.78 is 0.842. The van der Waals surface area contributed by atoms with Crippen LogP contribution in [0.25, 0.3) is 0 Å². The average molecular weight is 268 g/mol. The maximum absolute atomic E-state index is 11.1. The quantitative estimate of drug-likeness (QED) is 0.769. The van der Waals surface area contributed by atoms with Crippen molar-refractivity contribution in [1.29, 1.82) is 0 Å². The summed E-state index contributed by atoms with van der Waals surface area (Å²) in [6, 6.07) is 0. The summed E-state index contributed by atoms with van der Waals surface area (Å²) in [4.78, 5) is 14.0. The van der Waals surface area contributed by atoms with E-state index in [0.29, 0.717) is 17.5 Å². The summed E-state index contributed by atoms with van der Waals surface area (Å²) in [6.07, 6.45) is 6.53. The van der Waals surface area contributed by atoms with Gasteiger partial charge in [0.1, 0.15) is 5.69 Å². The molecule has 2 atom stereocenters. The Morgan fingerprint density at radius 1 is 1.33 bits per heavy atom. The molecule has 1 heterocycles. The van der Waals surface area contributed by atoms with E-state index in [-0.39, 0.29) is 0 Å². The van der Waals surface area contributed by atoms with Crippen molar-refractivity contribution >= 4 is 21.9 Å². The highest BCUT2D eigenvalue weighted by molar-refractivity contribution is 9.10. The number of H-pyrrole nitrogens is 1. The second-order valence-corrected chi connectivity index (χ2v) is 4.91. The molecule has 15 heavy (non-hydrogen) atoms. The smallest absolute Gasteiger partial charge is 0.352 e. The Morgan fingerprint density at radius 3 is 2.47 bits per heavy atom. The number of aromatic amines is 1. The maximum atomic E-state index is 11.1. The second kappa shape index (κ2) is 2.98. The van der Waals surface area contributed by atoms with Crippen LogP contribution in [0.15, 0.2) is 16.8 Å². The van der Waals surface area contributed by atoms with E-state index in [2.05, 4.69) is 33.1 Å². The van der Waals surface area contributed by atoms with Crippen molar-refractivity contribution in [3.8, 4) is 0 Å². The van der Waals surface area contributed by atoms with Gasteiger partial charge in [0, 0.05) is 11.8 Å². The summed E-state index contributed by atoms with van der Waals surface area (Å²) in [5, 5.41) is 9.11. The molecule has 0 fully saturated rings. The van der Waals surface area contributed by atoms with Gasteiger partial charge in [-0.3, -0.25) is 0 Å². The van der Waals surface area contributed by atoms with Crippen LogP contribution in [-0.4, -0.2) is 16.1 Å². The molecule has 4 heteroatoms. The fourth-order valence-corrected chi connectivity index (χ4v) is 3.42. The number of allylic oxidation sites excluding steroid dienone is 2. The van der Waals surface area contributed by atoms with Crippen LogP contribution in [0.5, 0.6) is 0 Å². The first-order chi connectivity index (χ1) is 7.18. The molecule has 4 rings (SSSR count). The average Bonchev–Trinajstić information content (AvgIpc) is 2.61. The predicted molar refractivity (Wildman–Crippen MR) is 59.3 cm³/mol. The van der Waals surface area contributed by atoms with Crippen LogP contribution in [0.2, 0.25) is 0 Å². The van der Waals surface area contributed by atoms with Gasteiger partial charge in [-0.05, 0) is 39.9 Å². The minimum atomic E-state index is -0.863. The van der Waals surface area contributed by atoms with Crippen LogP contribution < -0.4 is 0 Å². The molecule has 0 radical (unpaired) electrons. The Hall–Kier alpha value is -1.03. The molecular formula is C11H10BrNO2. The summed E-state index contributed by atoms with van der Waals surface area (Å²) in [7, 11) is 0. The minimum absolute atomic E-state index is 0.290. The summed E-state index contributed by atoms with van der Waals surface area (Å²) in [5.74, 6) is -0.180. The van der Waals surface area contributed by atoms with E-state index in [0.717, 1.165) is 28.6 Å². The standard InChI is InChI=1S/C11H10BrNO2/c12-10-8-6-3-1-5(2-4-6)7(8)9(13-10)11(14)15/h1,3,5-6,13H,2,4H2,(H,14,15)/t5-,6+/m1/s1. The van der Waals surface area contributed by atoms with Gasteiger partial charge in [0.2, 0.25) is 0 Å². The maximum Gasteiger partial charge on any atom is 0.352 e. The Bertz CT molecular complexity index is 475. The van der Waals surface area contributed by atoms with Crippen molar-refractivity contribution in [2.45, 2.75) is 24.7 Å². The molecule has 78 valence electrons. The Morgan fingerprint density at radius 2 is 1.93 bits per heavy atom. The van der Waals surface area contributed by atoms with Crippen LogP contribution in [0, 0.1) is 0 Å². The minimum Gasteiger partial charge on any atom is -0.477 e. The Labute approximate surface area is 95.3 Å². The van der Waals surface area contributed by atoms with Crippen molar-refractivity contribution in [2.75, 3.05) is 0 Å². The third-order valence-electron chi connectivity index (χ3n) is 3.35. The number of carboxylic acid groups (broad SMARTS) is 1. The van der Waals surface area contributed by atoms with Gasteiger partial charge in [-0.1, -0.05) is 12.2 Å². The van der Waals surface area contributed by atoms with Gasteiger partial charge in [-0.15, -0.1) is 0 Å². The zero-order valence-corrected chi connectivity index (χ0v) is 9.54. The topological polar surface area (TPSA) is 53.1 Å². The number of fused-ring (bicyclic) bond motifs is 1. The molecule has 0 spiro atoms. The molecule has 2 bridgehead atoms. The van der Waals surface area contributed by atoms with E-state index in [1.165, 1.54) is 0 Å². The number of carboxylic acids is 1. The number of hydrogen-bond donors (Lipinski definition) is 2. The van der Waals surface area contributed by atoms with Gasteiger partial charge in [0.25, 0.3) is 0 Å². The first-order valence-electron chi connectivity index (χ1n) is 5.01. The molecule has 0 unspecified atom stereocenters. The number of halogens is 1. The van der Waals surface area contributed by atoms with Crippen LogP contribution >= 0.6 is 15.9 Å². The lowest BCUT2D eigenvalue weighted by molar-refractivity contribution is 0.0689. The van der Waals surface area contributed by atoms with Crippen molar-refractivity contribution in [1.82, 2.24) is 4.98 Å². The fourth-order valence-electron chi connectivity index (χ4n) is 2.71. The van der Waals surface area contributed by atoms with Gasteiger partial charge in [-0.2, -0.15) is 0 Å². The molecular weight excluding hydrogens is 258 g/mol. The van der Waals surface area contributed by atoms with Crippen LogP contribution in [0.3, 0.4) is 0 Å². The number of rotatable bonds is 1. The van der Waals surface area contributed by atoms with Crippen LogP contribution in [0.1, 0.15) is 46.3 Å². The van der Waals surface area contributed by atoms with Gasteiger partial charge in [0.05, 0.1) is 4.60 Å². The first kappa shape index (κ1) is 9.21. The molecule has 0 aromatic carbocycles. The molecule has 0 saturated carbocycles. The third kappa shape index (κ3) is 1.14. The molecule has 0 saturated heterocycles. The summed E-state index contributed by atoms with van der Waals surface area (Å²) in [6.45, 7) is 0. The van der Waals surface area contributed by atoms with Crippen molar-refractivity contribution in [3.05, 3.63) is 33.6 Å². The molecule has 2 N–H and O–H groups in total. The highest BCUT2D eigenvalue weighted by atomic mass is 79.9. The van der Waals surface area contributed by atoms with E-state index in [1.54, 1.807) is 0 Å².